The topological polar surface area (TPSA) is 120 Å². The van der Waals surface area contributed by atoms with E-state index in [-0.39, 0.29) is 11.6 Å². The minimum Gasteiger partial charge on any atom is -0.369 e. The van der Waals surface area contributed by atoms with Gasteiger partial charge in [-0.1, -0.05) is 0 Å². The van der Waals surface area contributed by atoms with Gasteiger partial charge in [-0.05, 0) is 13.0 Å². The van der Waals surface area contributed by atoms with E-state index < -0.39 is 10.0 Å². The molecule has 3 rings (SSSR count). The fourth-order valence-electron chi connectivity index (χ4n) is 2.09. The van der Waals surface area contributed by atoms with Crippen LogP contribution in [0.25, 0.3) is 5.82 Å². The maximum atomic E-state index is 12.0. The predicted octanol–water partition coefficient (Wildman–Crippen LogP) is 0.0946. The summed E-state index contributed by atoms with van der Waals surface area (Å²) in [5.41, 5.74) is 0.886. The van der Waals surface area contributed by atoms with E-state index in [0.29, 0.717) is 18.2 Å². The lowest BCUT2D eigenvalue weighted by Gasteiger charge is -2.08. The third-order valence-electron chi connectivity index (χ3n) is 3.29. The summed E-state index contributed by atoms with van der Waals surface area (Å²) < 4.78 is 29.8. The summed E-state index contributed by atoms with van der Waals surface area (Å²) in [7, 11) is -1.90. The molecule has 0 atom stereocenters. The smallest absolute Gasteiger partial charge is 0.259 e. The van der Waals surface area contributed by atoms with Crippen molar-refractivity contribution in [3.8, 4) is 5.82 Å². The highest BCUT2D eigenvalue weighted by Gasteiger charge is 2.15. The van der Waals surface area contributed by atoms with Gasteiger partial charge in [-0.15, -0.1) is 0 Å². The van der Waals surface area contributed by atoms with Crippen LogP contribution in [0.15, 0.2) is 42.2 Å². The number of nitrogens with zero attached hydrogens (tertiary/aromatic N) is 6. The Morgan fingerprint density at radius 3 is 2.72 bits per heavy atom. The summed E-state index contributed by atoms with van der Waals surface area (Å²) in [6, 6.07) is 3.61. The van der Waals surface area contributed by atoms with Crippen LogP contribution in [0.2, 0.25) is 0 Å². The van der Waals surface area contributed by atoms with E-state index in [9.17, 15) is 8.42 Å². The Kier molecular flexibility index (Phi) is 4.76. The molecular formula is C14H18N8O2S. The lowest BCUT2D eigenvalue weighted by molar-refractivity contribution is 0.579. The van der Waals surface area contributed by atoms with Crippen LogP contribution in [0.1, 0.15) is 5.69 Å². The van der Waals surface area contributed by atoms with Crippen LogP contribution in [0.4, 0.5) is 5.82 Å². The van der Waals surface area contributed by atoms with Gasteiger partial charge in [-0.2, -0.15) is 5.10 Å². The van der Waals surface area contributed by atoms with Crippen molar-refractivity contribution < 1.29 is 8.42 Å². The SMILES string of the molecule is Cc1ccn(-c2cc(NCCNS(=O)(=O)c3cn(C)cn3)ncn2)n1. The second kappa shape index (κ2) is 6.99. The van der Waals surface area contributed by atoms with E-state index in [4.69, 9.17) is 0 Å². The first kappa shape index (κ1) is 17.0. The first-order chi connectivity index (χ1) is 11.9. The molecule has 132 valence electrons. The number of imidazole rings is 1. The summed E-state index contributed by atoms with van der Waals surface area (Å²) in [6.45, 7) is 2.45. The third kappa shape index (κ3) is 4.19. The average Bonchev–Trinajstić information content (AvgIpc) is 3.21. The zero-order chi connectivity index (χ0) is 17.9. The maximum Gasteiger partial charge on any atom is 0.259 e. The number of hydrogen-bond donors (Lipinski definition) is 2. The molecule has 0 fully saturated rings. The molecular weight excluding hydrogens is 344 g/mol. The van der Waals surface area contributed by atoms with Gasteiger partial charge in [0.1, 0.15) is 12.1 Å². The van der Waals surface area contributed by atoms with Crippen molar-refractivity contribution in [2.75, 3.05) is 18.4 Å². The fourth-order valence-corrected chi connectivity index (χ4v) is 3.10. The highest BCUT2D eigenvalue weighted by Crippen LogP contribution is 2.08. The highest BCUT2D eigenvalue weighted by molar-refractivity contribution is 7.89. The standard InChI is InChI=1S/C14H18N8O2S/c1-11-3-6-22(20-11)13-7-12(16-9-17-13)15-4-5-19-25(23,24)14-8-21(2)10-18-14/h3,6-10,19H,4-5H2,1-2H3,(H,15,16,17). The van der Waals surface area contributed by atoms with Gasteiger partial charge in [0, 0.05) is 38.6 Å². The van der Waals surface area contributed by atoms with Gasteiger partial charge in [0.25, 0.3) is 10.0 Å². The number of hydrogen-bond acceptors (Lipinski definition) is 7. The molecule has 0 amide bonds. The molecule has 0 radical (unpaired) electrons. The highest BCUT2D eigenvalue weighted by atomic mass is 32.2. The number of rotatable bonds is 7. The molecule has 0 unspecified atom stereocenters. The minimum absolute atomic E-state index is 0.00613. The predicted molar refractivity (Wildman–Crippen MR) is 90.8 cm³/mol. The summed E-state index contributed by atoms with van der Waals surface area (Å²) in [5.74, 6) is 1.20. The van der Waals surface area contributed by atoms with E-state index in [1.54, 1.807) is 22.4 Å². The second-order valence-electron chi connectivity index (χ2n) is 5.37. The molecule has 0 saturated carbocycles. The molecule has 0 bridgehead atoms. The van der Waals surface area contributed by atoms with Crippen molar-refractivity contribution >= 4 is 15.8 Å². The van der Waals surface area contributed by atoms with Crippen molar-refractivity contribution in [1.29, 1.82) is 0 Å². The zero-order valence-corrected chi connectivity index (χ0v) is 14.6. The van der Waals surface area contributed by atoms with E-state index in [1.165, 1.54) is 18.9 Å². The fraction of sp³-hybridized carbons (Fsp3) is 0.286. The van der Waals surface area contributed by atoms with Crippen LogP contribution in [-0.2, 0) is 17.1 Å². The van der Waals surface area contributed by atoms with Crippen molar-refractivity contribution in [3.63, 3.8) is 0 Å². The molecule has 3 aromatic heterocycles. The molecule has 3 heterocycles. The molecule has 11 heteroatoms. The van der Waals surface area contributed by atoms with Gasteiger partial charge in [-0.25, -0.2) is 32.8 Å². The number of sulfonamides is 1. The number of anilines is 1. The molecule has 3 aromatic rings. The first-order valence-corrected chi connectivity index (χ1v) is 8.98. The number of nitrogens with one attached hydrogen (secondary N) is 2. The van der Waals surface area contributed by atoms with Crippen molar-refractivity contribution in [1.82, 2.24) is 34.0 Å². The van der Waals surface area contributed by atoms with Crippen LogP contribution in [-0.4, -0.2) is 50.8 Å². The Hall–Kier alpha value is -2.79. The second-order valence-corrected chi connectivity index (χ2v) is 7.08. The Bertz CT molecular complexity index is 963. The largest absolute Gasteiger partial charge is 0.369 e. The number of aromatic nitrogens is 6. The molecule has 0 saturated heterocycles. The lowest BCUT2D eigenvalue weighted by atomic mass is 10.5. The van der Waals surface area contributed by atoms with E-state index >= 15 is 0 Å². The maximum absolute atomic E-state index is 12.0. The molecule has 2 N–H and O–H groups in total. The van der Waals surface area contributed by atoms with Gasteiger partial charge in [0.15, 0.2) is 10.8 Å². The van der Waals surface area contributed by atoms with Crippen LogP contribution in [0, 0.1) is 6.92 Å². The molecule has 25 heavy (non-hydrogen) atoms. The van der Waals surface area contributed by atoms with Crippen LogP contribution < -0.4 is 10.0 Å². The summed E-state index contributed by atoms with van der Waals surface area (Å²) in [5, 5.41) is 7.32. The Morgan fingerprint density at radius 1 is 1.20 bits per heavy atom. The minimum atomic E-state index is -3.61. The van der Waals surface area contributed by atoms with Crippen molar-refractivity contribution in [3.05, 3.63) is 42.9 Å². The Morgan fingerprint density at radius 2 is 2.04 bits per heavy atom. The van der Waals surface area contributed by atoms with Gasteiger partial charge in [0.05, 0.1) is 12.0 Å². The quantitative estimate of drug-likeness (QED) is 0.572. The van der Waals surface area contributed by atoms with Crippen molar-refractivity contribution in [2.24, 2.45) is 7.05 Å². The molecule has 0 aromatic carbocycles. The first-order valence-electron chi connectivity index (χ1n) is 7.50. The van der Waals surface area contributed by atoms with E-state index in [1.807, 2.05) is 19.2 Å². The Labute approximate surface area is 145 Å². The number of aryl methyl sites for hydroxylation is 2. The summed E-state index contributed by atoms with van der Waals surface area (Å²) >= 11 is 0. The summed E-state index contributed by atoms with van der Waals surface area (Å²) in [4.78, 5) is 12.1. The van der Waals surface area contributed by atoms with Gasteiger partial charge < -0.3 is 9.88 Å². The van der Waals surface area contributed by atoms with Crippen LogP contribution >= 0.6 is 0 Å². The molecule has 0 aliphatic heterocycles. The molecule has 0 aliphatic rings. The lowest BCUT2D eigenvalue weighted by Crippen LogP contribution is -2.29. The van der Waals surface area contributed by atoms with Gasteiger partial charge in [0.2, 0.25) is 0 Å². The van der Waals surface area contributed by atoms with Gasteiger partial charge >= 0.3 is 0 Å². The van der Waals surface area contributed by atoms with E-state index in [2.05, 4.69) is 30.1 Å². The molecule has 10 nitrogen and oxygen atoms in total. The molecule has 0 spiro atoms. The zero-order valence-electron chi connectivity index (χ0n) is 13.8. The van der Waals surface area contributed by atoms with Crippen LogP contribution in [0.3, 0.4) is 0 Å². The van der Waals surface area contributed by atoms with Gasteiger partial charge in [-0.3, -0.25) is 0 Å². The average molecular weight is 362 g/mol. The van der Waals surface area contributed by atoms with Crippen molar-refractivity contribution in [2.45, 2.75) is 11.9 Å². The molecule has 0 aliphatic carbocycles. The summed E-state index contributed by atoms with van der Waals surface area (Å²) in [6.07, 6.45) is 6.11. The van der Waals surface area contributed by atoms with Crippen LogP contribution in [0.5, 0.6) is 0 Å². The normalized spacial score (nSPS) is 11.6. The Balaban J connectivity index is 1.56. The third-order valence-corrected chi connectivity index (χ3v) is 4.64. The monoisotopic (exact) mass is 362 g/mol. The van der Waals surface area contributed by atoms with E-state index in [0.717, 1.165) is 5.69 Å².